The molecular weight excluding hydrogens is 939 g/mol. The highest BCUT2D eigenvalue weighted by atomic mass is 16.8. The van der Waals surface area contributed by atoms with E-state index in [4.69, 9.17) is 28.4 Å². The molecule has 3 fully saturated rings. The summed E-state index contributed by atoms with van der Waals surface area (Å²) in [6, 6.07) is -0.991. The number of aliphatic hydroxyl groups excluding tert-OH is 11. The molecule has 0 saturated carbocycles. The number of carbonyl (C=O) groups is 1. The fourth-order valence-electron chi connectivity index (χ4n) is 8.82. The lowest BCUT2D eigenvalue weighted by atomic mass is 9.96. The first-order chi connectivity index (χ1) is 34.8. The monoisotopic (exact) mass is 1030 g/mol. The molecule has 1 amide bonds. The number of allylic oxidation sites excluding steroid dienone is 7. The summed E-state index contributed by atoms with van der Waals surface area (Å²) in [7, 11) is 0. The van der Waals surface area contributed by atoms with Crippen LogP contribution in [0.2, 0.25) is 0 Å². The van der Waals surface area contributed by atoms with Crippen molar-refractivity contribution < 1.29 is 89.4 Å². The molecule has 0 aromatic heterocycles. The van der Waals surface area contributed by atoms with E-state index in [0.717, 1.165) is 83.5 Å². The molecule has 3 saturated heterocycles. The van der Waals surface area contributed by atoms with Crippen LogP contribution < -0.4 is 5.32 Å². The van der Waals surface area contributed by atoms with Crippen LogP contribution >= 0.6 is 0 Å². The van der Waals surface area contributed by atoms with E-state index >= 15 is 0 Å². The van der Waals surface area contributed by atoms with Crippen molar-refractivity contribution in [1.82, 2.24) is 5.32 Å². The Labute approximate surface area is 427 Å². The first-order valence-electron chi connectivity index (χ1n) is 26.9. The van der Waals surface area contributed by atoms with Crippen molar-refractivity contribution in [3.8, 4) is 0 Å². The predicted octanol–water partition coefficient (Wildman–Crippen LogP) is 2.75. The SMILES string of the molecule is CCCCC/C=C/CC/C=C/C(O)C(COC1OC(CO)C(OC2OC(CO)C(OC3OC(CO)C(O)C(O)C3O)C(O)C2O)C(O)C1O)NC(=O)CCCCCCCCC/C=C\C/C=C\CCCCCC. The summed E-state index contributed by atoms with van der Waals surface area (Å²) >= 11 is 0. The van der Waals surface area contributed by atoms with Gasteiger partial charge in [-0.25, -0.2) is 0 Å². The molecular formula is C53H93NO18. The van der Waals surface area contributed by atoms with Gasteiger partial charge in [0.1, 0.15) is 73.2 Å². The van der Waals surface area contributed by atoms with E-state index in [-0.39, 0.29) is 18.9 Å². The molecule has 3 aliphatic rings. The number of hydrogen-bond acceptors (Lipinski definition) is 18. The number of unbranched alkanes of at least 4 members (excludes halogenated alkanes) is 15. The summed E-state index contributed by atoms with van der Waals surface area (Å²) in [5.74, 6) is -0.300. The van der Waals surface area contributed by atoms with E-state index < -0.39 is 124 Å². The molecule has 3 rings (SSSR count). The van der Waals surface area contributed by atoms with Gasteiger partial charge in [-0.3, -0.25) is 4.79 Å². The molecule has 17 unspecified atom stereocenters. The maximum atomic E-state index is 13.2. The van der Waals surface area contributed by atoms with Gasteiger partial charge in [0.2, 0.25) is 5.91 Å². The number of carbonyl (C=O) groups excluding carboxylic acids is 1. The smallest absolute Gasteiger partial charge is 0.220 e. The zero-order chi connectivity index (χ0) is 52.7. The summed E-state index contributed by atoms with van der Waals surface area (Å²) in [6.45, 7) is 1.58. The van der Waals surface area contributed by atoms with Gasteiger partial charge in [0.05, 0.1) is 38.6 Å². The Kier molecular flexibility index (Phi) is 33.3. The first kappa shape index (κ1) is 64.0. The maximum absolute atomic E-state index is 13.2. The maximum Gasteiger partial charge on any atom is 0.220 e. The van der Waals surface area contributed by atoms with E-state index in [1.165, 1.54) is 32.1 Å². The molecule has 418 valence electrons. The normalized spacial score (nSPS) is 32.4. The predicted molar refractivity (Wildman–Crippen MR) is 268 cm³/mol. The summed E-state index contributed by atoms with van der Waals surface area (Å²) in [5, 5.41) is 119. The third kappa shape index (κ3) is 22.5. The molecule has 72 heavy (non-hydrogen) atoms. The summed E-state index contributed by atoms with van der Waals surface area (Å²) < 4.78 is 34.1. The average molecular weight is 1030 g/mol. The van der Waals surface area contributed by atoms with Crippen LogP contribution in [0.15, 0.2) is 48.6 Å². The Morgan fingerprint density at radius 3 is 1.50 bits per heavy atom. The van der Waals surface area contributed by atoms with Crippen molar-refractivity contribution in [2.24, 2.45) is 0 Å². The fourth-order valence-corrected chi connectivity index (χ4v) is 8.82. The Balaban J connectivity index is 1.52. The minimum absolute atomic E-state index is 0.224. The third-order valence-electron chi connectivity index (χ3n) is 13.3. The lowest BCUT2D eigenvalue weighted by Gasteiger charge is -2.48. The first-order valence-corrected chi connectivity index (χ1v) is 26.9. The van der Waals surface area contributed by atoms with E-state index in [9.17, 15) is 61.0 Å². The van der Waals surface area contributed by atoms with Crippen LogP contribution in [-0.2, 0) is 33.2 Å². The van der Waals surface area contributed by atoms with Crippen LogP contribution in [0.1, 0.15) is 149 Å². The van der Waals surface area contributed by atoms with Crippen LogP contribution in [0.25, 0.3) is 0 Å². The second-order valence-electron chi connectivity index (χ2n) is 19.3. The van der Waals surface area contributed by atoms with Gasteiger partial charge < -0.3 is 89.9 Å². The van der Waals surface area contributed by atoms with Crippen LogP contribution in [0.4, 0.5) is 0 Å². The highest BCUT2D eigenvalue weighted by Gasteiger charge is 2.53. The van der Waals surface area contributed by atoms with E-state index in [0.29, 0.717) is 12.8 Å². The van der Waals surface area contributed by atoms with Crippen molar-refractivity contribution in [2.75, 3.05) is 26.4 Å². The number of ether oxygens (including phenoxy) is 6. The van der Waals surface area contributed by atoms with Gasteiger partial charge in [0.15, 0.2) is 18.9 Å². The number of amides is 1. The number of hydrogen-bond donors (Lipinski definition) is 12. The molecule has 0 aromatic rings. The average Bonchev–Trinajstić information content (AvgIpc) is 3.37. The second-order valence-corrected chi connectivity index (χ2v) is 19.3. The number of rotatable bonds is 37. The summed E-state index contributed by atoms with van der Waals surface area (Å²) in [4.78, 5) is 13.2. The third-order valence-corrected chi connectivity index (χ3v) is 13.3. The lowest BCUT2D eigenvalue weighted by Crippen LogP contribution is -2.66. The molecule has 0 aromatic carbocycles. The molecule has 3 aliphatic heterocycles. The van der Waals surface area contributed by atoms with Gasteiger partial charge in [-0.15, -0.1) is 0 Å². The van der Waals surface area contributed by atoms with E-state index in [2.05, 4.69) is 55.6 Å². The lowest BCUT2D eigenvalue weighted by molar-refractivity contribution is -0.379. The summed E-state index contributed by atoms with van der Waals surface area (Å²) in [6.07, 6.45) is 11.3. The van der Waals surface area contributed by atoms with Gasteiger partial charge in [-0.2, -0.15) is 0 Å². The highest BCUT2D eigenvalue weighted by Crippen LogP contribution is 2.33. The highest BCUT2D eigenvalue weighted by molar-refractivity contribution is 5.76. The molecule has 0 bridgehead atoms. The topological polar surface area (TPSA) is 307 Å². The standard InChI is InChI=1S/C53H93NO18/c1-3-5-7-9-11-13-14-15-16-17-18-19-20-21-23-25-27-29-31-41(59)54-36(37(58)30-28-26-24-22-12-10-8-6-4-2)35-67-51-47(65)44(62)49(39(33-56)69-51)72-53-48(66)45(63)50(40(34-57)70-53)71-52-46(64)43(61)42(60)38(32-55)68-52/h12-14,16-17,22,28,30,36-40,42-53,55-58,60-66H,3-11,15,18-21,23-27,29,31-35H2,1-2H3,(H,54,59)/b14-13-,17-16-,22-12+,30-28+. The molecule has 12 N–H and O–H groups in total. The second kappa shape index (κ2) is 37.5. The van der Waals surface area contributed by atoms with E-state index in [1.54, 1.807) is 6.08 Å². The number of nitrogens with one attached hydrogen (secondary N) is 1. The zero-order valence-corrected chi connectivity index (χ0v) is 42.9. The van der Waals surface area contributed by atoms with Crippen LogP contribution in [0.5, 0.6) is 0 Å². The van der Waals surface area contributed by atoms with Crippen LogP contribution in [0, 0.1) is 0 Å². The molecule has 0 radical (unpaired) electrons. The molecule has 0 aliphatic carbocycles. The quantitative estimate of drug-likeness (QED) is 0.0315. The van der Waals surface area contributed by atoms with Crippen molar-refractivity contribution >= 4 is 5.91 Å². The van der Waals surface area contributed by atoms with E-state index in [1.807, 2.05) is 6.08 Å². The van der Waals surface area contributed by atoms with Crippen molar-refractivity contribution in [3.05, 3.63) is 48.6 Å². The summed E-state index contributed by atoms with van der Waals surface area (Å²) in [5.41, 5.74) is 0. The van der Waals surface area contributed by atoms with Crippen molar-refractivity contribution in [3.63, 3.8) is 0 Å². The Bertz CT molecular complexity index is 1520. The van der Waals surface area contributed by atoms with Gasteiger partial charge in [-0.05, 0) is 64.2 Å². The molecule has 19 heteroatoms. The number of aliphatic hydroxyl groups is 11. The minimum Gasteiger partial charge on any atom is -0.394 e. The molecule has 17 atom stereocenters. The fraction of sp³-hybridized carbons (Fsp3) is 0.830. The van der Waals surface area contributed by atoms with Crippen molar-refractivity contribution in [2.45, 2.75) is 253 Å². The molecule has 3 heterocycles. The van der Waals surface area contributed by atoms with Crippen LogP contribution in [0.3, 0.4) is 0 Å². The Morgan fingerprint density at radius 1 is 0.500 bits per heavy atom. The minimum atomic E-state index is -1.98. The molecule has 19 nitrogen and oxygen atoms in total. The van der Waals surface area contributed by atoms with Gasteiger partial charge in [0, 0.05) is 6.42 Å². The van der Waals surface area contributed by atoms with Gasteiger partial charge in [0.25, 0.3) is 0 Å². The zero-order valence-electron chi connectivity index (χ0n) is 42.9. The largest absolute Gasteiger partial charge is 0.394 e. The molecule has 0 spiro atoms. The van der Waals surface area contributed by atoms with Crippen LogP contribution in [-0.4, -0.2) is 193 Å². The van der Waals surface area contributed by atoms with Crippen molar-refractivity contribution in [1.29, 1.82) is 0 Å². The Hall–Kier alpha value is -2.25. The van der Waals surface area contributed by atoms with Gasteiger partial charge >= 0.3 is 0 Å². The Morgan fingerprint density at radius 2 is 0.931 bits per heavy atom. The van der Waals surface area contributed by atoms with Gasteiger partial charge in [-0.1, -0.05) is 127 Å².